The van der Waals surface area contributed by atoms with Crippen molar-refractivity contribution >= 4 is 22.9 Å². The molecule has 3 N–H and O–H groups in total. The minimum absolute atomic E-state index is 0.0369. The van der Waals surface area contributed by atoms with Crippen molar-refractivity contribution in [2.24, 2.45) is 11.3 Å². The third-order valence-corrected chi connectivity index (χ3v) is 6.80. The molecule has 7 nitrogen and oxygen atoms in total. The molecule has 36 heavy (non-hydrogen) atoms. The largest absolute Gasteiger partial charge is 0.444 e. The maximum Gasteiger partial charge on any atom is 0.407 e. The van der Waals surface area contributed by atoms with Gasteiger partial charge in [-0.25, -0.2) is 9.18 Å². The van der Waals surface area contributed by atoms with E-state index in [1.54, 1.807) is 6.07 Å². The van der Waals surface area contributed by atoms with E-state index in [9.17, 15) is 14.0 Å². The number of nitrogens with one attached hydrogen (secondary N) is 3. The Kier molecular flexibility index (Phi) is 9.03. The molecule has 1 aliphatic rings. The van der Waals surface area contributed by atoms with Crippen molar-refractivity contribution in [2.75, 3.05) is 26.2 Å². The number of hydrogen-bond donors (Lipinski definition) is 3. The quantitative estimate of drug-likeness (QED) is 0.474. The summed E-state index contributed by atoms with van der Waals surface area (Å²) >= 11 is 0. The van der Waals surface area contributed by atoms with Crippen LogP contribution in [0, 0.1) is 17.2 Å². The van der Waals surface area contributed by atoms with Crippen LogP contribution in [0.3, 0.4) is 0 Å². The van der Waals surface area contributed by atoms with E-state index in [1.807, 2.05) is 27.0 Å². The summed E-state index contributed by atoms with van der Waals surface area (Å²) in [4.78, 5) is 30.4. The predicted molar refractivity (Wildman–Crippen MR) is 141 cm³/mol. The Labute approximate surface area is 214 Å². The average molecular weight is 503 g/mol. The van der Waals surface area contributed by atoms with E-state index < -0.39 is 5.60 Å². The van der Waals surface area contributed by atoms with Gasteiger partial charge in [0.2, 0.25) is 5.91 Å². The molecule has 1 aromatic carbocycles. The van der Waals surface area contributed by atoms with Gasteiger partial charge in [0.15, 0.2) is 0 Å². The van der Waals surface area contributed by atoms with Crippen molar-refractivity contribution in [1.29, 1.82) is 0 Å². The first kappa shape index (κ1) is 28.0. The van der Waals surface area contributed by atoms with E-state index in [-0.39, 0.29) is 29.3 Å². The number of benzene rings is 1. The summed E-state index contributed by atoms with van der Waals surface area (Å²) in [7, 11) is 0. The van der Waals surface area contributed by atoms with Crippen LogP contribution in [0.5, 0.6) is 0 Å². The Morgan fingerprint density at radius 2 is 1.86 bits per heavy atom. The lowest BCUT2D eigenvalue weighted by Crippen LogP contribution is -2.53. The second-order valence-electron chi connectivity index (χ2n) is 12.1. The summed E-state index contributed by atoms with van der Waals surface area (Å²) in [5.74, 6) is 0.169. The molecule has 1 atom stereocenters. The van der Waals surface area contributed by atoms with E-state index in [0.29, 0.717) is 25.3 Å². The van der Waals surface area contributed by atoms with Gasteiger partial charge in [0.05, 0.1) is 0 Å². The standard InChI is InChI=1S/C28H43FN4O3/c1-27(2,3)24(32-26(35)36-28(4,5)6)18-33-13-10-19(11-14-33)15-25(34)30-12-9-20-17-31-23-8-7-21(29)16-22(20)23/h7-8,16-17,19,24,31H,9-15,18H2,1-6H3,(H,30,34)(H,32,35). The number of likely N-dealkylation sites (tertiary alicyclic amines) is 1. The van der Waals surface area contributed by atoms with Gasteiger partial charge in [0.1, 0.15) is 11.4 Å². The molecule has 200 valence electrons. The number of hydrogen-bond acceptors (Lipinski definition) is 4. The number of amides is 2. The van der Waals surface area contributed by atoms with E-state index in [2.05, 4.69) is 41.3 Å². The normalized spacial score (nSPS) is 16.6. The van der Waals surface area contributed by atoms with Gasteiger partial charge in [-0.1, -0.05) is 20.8 Å². The van der Waals surface area contributed by atoms with Crippen LogP contribution in [-0.2, 0) is 16.0 Å². The highest BCUT2D eigenvalue weighted by Crippen LogP contribution is 2.25. The first-order valence-electron chi connectivity index (χ1n) is 13.0. The lowest BCUT2D eigenvalue weighted by Gasteiger charge is -2.39. The summed E-state index contributed by atoms with van der Waals surface area (Å²) in [5, 5.41) is 6.96. The first-order valence-corrected chi connectivity index (χ1v) is 13.0. The molecule has 0 saturated carbocycles. The molecule has 2 aromatic rings. The monoisotopic (exact) mass is 502 g/mol. The summed E-state index contributed by atoms with van der Waals surface area (Å²) < 4.78 is 19.0. The van der Waals surface area contributed by atoms with E-state index >= 15 is 0 Å². The summed E-state index contributed by atoms with van der Waals surface area (Å²) in [6.07, 6.45) is 4.60. The second kappa shape index (κ2) is 11.6. The highest BCUT2D eigenvalue weighted by atomic mass is 19.1. The molecule has 0 spiro atoms. The maximum atomic E-state index is 13.6. The number of carbonyl (C=O) groups is 2. The number of rotatable bonds is 8. The van der Waals surface area contributed by atoms with Crippen LogP contribution < -0.4 is 10.6 Å². The highest BCUT2D eigenvalue weighted by Gasteiger charge is 2.31. The molecular formula is C28H43FN4O3. The predicted octanol–water partition coefficient (Wildman–Crippen LogP) is 5.01. The van der Waals surface area contributed by atoms with Gasteiger partial charge in [-0.05, 0) is 88.2 Å². The average Bonchev–Trinajstić information content (AvgIpc) is 3.14. The molecular weight excluding hydrogens is 459 g/mol. The number of aromatic amines is 1. The van der Waals surface area contributed by atoms with Crippen LogP contribution in [0.2, 0.25) is 0 Å². The Bertz CT molecular complexity index is 1030. The molecule has 1 fully saturated rings. The van der Waals surface area contributed by atoms with Crippen molar-refractivity contribution in [3.05, 3.63) is 35.8 Å². The fourth-order valence-corrected chi connectivity index (χ4v) is 4.65. The lowest BCUT2D eigenvalue weighted by molar-refractivity contribution is -0.122. The first-order chi connectivity index (χ1) is 16.8. The van der Waals surface area contributed by atoms with Gasteiger partial charge in [-0.3, -0.25) is 4.79 Å². The summed E-state index contributed by atoms with van der Waals surface area (Å²) in [6, 6.07) is 4.67. The number of aromatic nitrogens is 1. The van der Waals surface area contributed by atoms with Crippen LogP contribution in [-0.4, -0.2) is 59.7 Å². The van der Waals surface area contributed by atoms with Gasteiger partial charge in [-0.2, -0.15) is 0 Å². The minimum Gasteiger partial charge on any atom is -0.444 e. The van der Waals surface area contributed by atoms with Gasteiger partial charge < -0.3 is 25.3 Å². The molecule has 2 heterocycles. The second-order valence-corrected chi connectivity index (χ2v) is 12.1. The zero-order valence-electron chi connectivity index (χ0n) is 22.7. The van der Waals surface area contributed by atoms with Gasteiger partial charge in [-0.15, -0.1) is 0 Å². The van der Waals surface area contributed by atoms with Crippen molar-refractivity contribution < 1.29 is 18.7 Å². The third kappa shape index (κ3) is 8.50. The lowest BCUT2D eigenvalue weighted by atomic mass is 9.85. The Morgan fingerprint density at radius 3 is 2.50 bits per heavy atom. The molecule has 0 aliphatic carbocycles. The number of alkyl carbamates (subject to hydrolysis) is 1. The Hall–Kier alpha value is -2.61. The van der Waals surface area contributed by atoms with Crippen molar-refractivity contribution in [1.82, 2.24) is 20.5 Å². The van der Waals surface area contributed by atoms with Crippen molar-refractivity contribution in [3.63, 3.8) is 0 Å². The number of ether oxygens (including phenoxy) is 1. The van der Waals surface area contributed by atoms with Crippen LogP contribution in [0.15, 0.2) is 24.4 Å². The summed E-state index contributed by atoms with van der Waals surface area (Å²) in [5.41, 5.74) is 1.27. The minimum atomic E-state index is -0.529. The van der Waals surface area contributed by atoms with Crippen LogP contribution >= 0.6 is 0 Å². The number of piperidine rings is 1. The van der Waals surface area contributed by atoms with Crippen molar-refractivity contribution in [3.8, 4) is 0 Å². The van der Waals surface area contributed by atoms with Crippen molar-refractivity contribution in [2.45, 2.75) is 78.9 Å². The molecule has 1 aliphatic heterocycles. The summed E-state index contributed by atoms with van der Waals surface area (Å²) in [6.45, 7) is 15.1. The third-order valence-electron chi connectivity index (χ3n) is 6.80. The maximum absolute atomic E-state index is 13.6. The van der Waals surface area contributed by atoms with Gasteiger partial charge in [0, 0.05) is 42.7 Å². The SMILES string of the molecule is CC(C)(C)OC(=O)NC(CN1CCC(CC(=O)NCCc2c[nH]c3ccc(F)cc23)CC1)C(C)(C)C. The van der Waals surface area contributed by atoms with Gasteiger partial charge >= 0.3 is 6.09 Å². The molecule has 3 rings (SSSR count). The Morgan fingerprint density at radius 1 is 1.17 bits per heavy atom. The number of carbonyl (C=O) groups excluding carboxylic acids is 2. The molecule has 2 amide bonds. The smallest absolute Gasteiger partial charge is 0.407 e. The molecule has 8 heteroatoms. The fourth-order valence-electron chi connectivity index (χ4n) is 4.65. The number of H-pyrrole nitrogens is 1. The molecule has 1 aromatic heterocycles. The van der Waals surface area contributed by atoms with E-state index in [4.69, 9.17) is 4.74 Å². The molecule has 1 unspecified atom stereocenters. The zero-order chi connectivity index (χ0) is 26.5. The molecule has 0 bridgehead atoms. The van der Waals surface area contributed by atoms with Crippen LogP contribution in [0.4, 0.5) is 9.18 Å². The topological polar surface area (TPSA) is 86.5 Å². The Balaban J connectivity index is 1.40. The number of nitrogens with zero attached hydrogens (tertiary/aromatic N) is 1. The van der Waals surface area contributed by atoms with Gasteiger partial charge in [0.25, 0.3) is 0 Å². The van der Waals surface area contributed by atoms with Crippen LogP contribution in [0.25, 0.3) is 10.9 Å². The fraction of sp³-hybridized carbons (Fsp3) is 0.643. The number of halogens is 1. The van der Waals surface area contributed by atoms with E-state index in [1.165, 1.54) is 12.1 Å². The van der Waals surface area contributed by atoms with Crippen LogP contribution in [0.1, 0.15) is 66.4 Å². The zero-order valence-corrected chi connectivity index (χ0v) is 22.7. The highest BCUT2D eigenvalue weighted by molar-refractivity contribution is 5.83. The number of fused-ring (bicyclic) bond motifs is 1. The molecule has 0 radical (unpaired) electrons. The van der Waals surface area contributed by atoms with E-state index in [0.717, 1.165) is 48.9 Å². The molecule has 1 saturated heterocycles.